The number of amides is 1. The van der Waals surface area contributed by atoms with Gasteiger partial charge < -0.3 is 24.6 Å². The molecular formula is C24H27N5O3S. The zero-order valence-electron chi connectivity index (χ0n) is 18.7. The molecule has 172 valence electrons. The van der Waals surface area contributed by atoms with E-state index >= 15 is 0 Å². The second-order valence-electron chi connectivity index (χ2n) is 7.43. The number of para-hydroxylation sites is 1. The molecule has 3 aromatic rings. The number of benzene rings is 2. The van der Waals surface area contributed by atoms with Gasteiger partial charge >= 0.3 is 0 Å². The Labute approximate surface area is 197 Å². The van der Waals surface area contributed by atoms with Crippen molar-refractivity contribution < 1.29 is 14.3 Å². The molecule has 1 saturated heterocycles. The van der Waals surface area contributed by atoms with Crippen molar-refractivity contribution in [3.8, 4) is 11.5 Å². The summed E-state index contributed by atoms with van der Waals surface area (Å²) < 4.78 is 10.5. The minimum absolute atomic E-state index is 0.121. The zero-order chi connectivity index (χ0) is 23.0. The molecule has 1 amide bonds. The molecule has 4 rings (SSSR count). The van der Waals surface area contributed by atoms with Crippen LogP contribution in [-0.4, -0.2) is 62.0 Å². The van der Waals surface area contributed by atoms with E-state index in [1.807, 2.05) is 12.1 Å². The number of anilines is 3. The molecule has 1 aliphatic heterocycles. The SMILES string of the molecule is COc1ccc(NC(=O)CSc2cc(N3CCN(c4ccccc4)CC3)ncn2)cc1OC. The Morgan fingerprint density at radius 3 is 2.39 bits per heavy atom. The molecule has 0 bridgehead atoms. The van der Waals surface area contributed by atoms with Crippen molar-refractivity contribution in [1.82, 2.24) is 9.97 Å². The molecule has 0 saturated carbocycles. The molecule has 1 aliphatic rings. The first-order chi connectivity index (χ1) is 16.2. The number of piperazine rings is 1. The van der Waals surface area contributed by atoms with Crippen molar-refractivity contribution >= 4 is 34.9 Å². The monoisotopic (exact) mass is 465 g/mol. The Bertz CT molecular complexity index is 1070. The van der Waals surface area contributed by atoms with Gasteiger partial charge in [0.15, 0.2) is 11.5 Å². The van der Waals surface area contributed by atoms with Gasteiger partial charge in [0.2, 0.25) is 5.91 Å². The number of methoxy groups -OCH3 is 2. The molecule has 1 fully saturated rings. The number of thioether (sulfide) groups is 1. The van der Waals surface area contributed by atoms with E-state index in [1.165, 1.54) is 17.4 Å². The molecule has 9 heteroatoms. The lowest BCUT2D eigenvalue weighted by molar-refractivity contribution is -0.113. The van der Waals surface area contributed by atoms with E-state index in [0.717, 1.165) is 37.0 Å². The highest BCUT2D eigenvalue weighted by Gasteiger charge is 2.19. The molecule has 1 aromatic heterocycles. The maximum Gasteiger partial charge on any atom is 0.234 e. The smallest absolute Gasteiger partial charge is 0.234 e. The molecule has 0 radical (unpaired) electrons. The Morgan fingerprint density at radius 1 is 0.939 bits per heavy atom. The van der Waals surface area contributed by atoms with Crippen LogP contribution in [0.5, 0.6) is 11.5 Å². The van der Waals surface area contributed by atoms with Gasteiger partial charge in [0.1, 0.15) is 17.2 Å². The standard InChI is InChI=1S/C24H27N5O3S/c1-31-20-9-8-18(14-21(20)32-2)27-23(30)16-33-24-15-22(25-17-26-24)29-12-10-28(11-13-29)19-6-4-3-5-7-19/h3-9,14-15,17H,10-13,16H2,1-2H3,(H,27,30). The maximum atomic E-state index is 12.4. The minimum atomic E-state index is -0.121. The van der Waals surface area contributed by atoms with Gasteiger partial charge in [-0.1, -0.05) is 30.0 Å². The summed E-state index contributed by atoms with van der Waals surface area (Å²) in [5.41, 5.74) is 1.90. The van der Waals surface area contributed by atoms with Gasteiger partial charge in [-0.15, -0.1) is 0 Å². The van der Waals surface area contributed by atoms with Crippen LogP contribution in [-0.2, 0) is 4.79 Å². The first kappa shape index (κ1) is 22.7. The van der Waals surface area contributed by atoms with Gasteiger partial charge in [0.25, 0.3) is 0 Å². The van der Waals surface area contributed by atoms with Crippen LogP contribution in [0, 0.1) is 0 Å². The van der Waals surface area contributed by atoms with Crippen molar-refractivity contribution in [3.63, 3.8) is 0 Å². The first-order valence-corrected chi connectivity index (χ1v) is 11.7. The summed E-state index contributed by atoms with van der Waals surface area (Å²) in [5, 5.41) is 3.65. The molecule has 0 atom stereocenters. The topological polar surface area (TPSA) is 79.8 Å². The Morgan fingerprint density at radius 2 is 1.67 bits per heavy atom. The molecule has 0 spiro atoms. The molecule has 0 aliphatic carbocycles. The summed E-state index contributed by atoms with van der Waals surface area (Å²) in [5.74, 6) is 2.19. The highest BCUT2D eigenvalue weighted by molar-refractivity contribution is 7.99. The fourth-order valence-corrected chi connectivity index (χ4v) is 4.33. The second-order valence-corrected chi connectivity index (χ2v) is 8.43. The number of carbonyl (C=O) groups excluding carboxylic acids is 1. The van der Waals surface area contributed by atoms with Crippen LogP contribution in [0.1, 0.15) is 0 Å². The number of carbonyl (C=O) groups is 1. The van der Waals surface area contributed by atoms with E-state index in [1.54, 1.807) is 38.7 Å². The van der Waals surface area contributed by atoms with Crippen molar-refractivity contribution in [2.24, 2.45) is 0 Å². The van der Waals surface area contributed by atoms with E-state index in [4.69, 9.17) is 9.47 Å². The van der Waals surface area contributed by atoms with Gasteiger partial charge in [-0.3, -0.25) is 4.79 Å². The van der Waals surface area contributed by atoms with Crippen LogP contribution in [0.4, 0.5) is 17.2 Å². The predicted molar refractivity (Wildman–Crippen MR) is 132 cm³/mol. The van der Waals surface area contributed by atoms with Gasteiger partial charge in [0, 0.05) is 49.7 Å². The average molecular weight is 466 g/mol. The fourth-order valence-electron chi connectivity index (χ4n) is 3.66. The van der Waals surface area contributed by atoms with Gasteiger partial charge in [-0.2, -0.15) is 0 Å². The maximum absolute atomic E-state index is 12.4. The molecule has 33 heavy (non-hydrogen) atoms. The number of nitrogens with one attached hydrogen (secondary N) is 1. The zero-order valence-corrected chi connectivity index (χ0v) is 19.5. The van der Waals surface area contributed by atoms with Crippen LogP contribution in [0.3, 0.4) is 0 Å². The summed E-state index contributed by atoms with van der Waals surface area (Å²) in [6, 6.07) is 17.7. The summed E-state index contributed by atoms with van der Waals surface area (Å²) in [7, 11) is 3.14. The summed E-state index contributed by atoms with van der Waals surface area (Å²) in [6.07, 6.45) is 1.56. The van der Waals surface area contributed by atoms with E-state index < -0.39 is 0 Å². The lowest BCUT2D eigenvalue weighted by atomic mass is 10.2. The summed E-state index contributed by atoms with van der Waals surface area (Å²) in [6.45, 7) is 3.64. The number of aromatic nitrogens is 2. The third kappa shape index (κ3) is 5.87. The van der Waals surface area contributed by atoms with Crippen LogP contribution < -0.4 is 24.6 Å². The third-order valence-corrected chi connectivity index (χ3v) is 6.30. The van der Waals surface area contributed by atoms with Gasteiger partial charge in [-0.25, -0.2) is 9.97 Å². The fraction of sp³-hybridized carbons (Fsp3) is 0.292. The van der Waals surface area contributed by atoms with Crippen LogP contribution in [0.15, 0.2) is 66.0 Å². The van der Waals surface area contributed by atoms with Gasteiger partial charge in [-0.05, 0) is 24.3 Å². The highest BCUT2D eigenvalue weighted by Crippen LogP contribution is 2.30. The summed E-state index contributed by atoms with van der Waals surface area (Å²) >= 11 is 1.38. The minimum Gasteiger partial charge on any atom is -0.493 e. The number of rotatable bonds is 8. The molecule has 2 heterocycles. The molecular weight excluding hydrogens is 438 g/mol. The first-order valence-electron chi connectivity index (χ1n) is 10.7. The van der Waals surface area contributed by atoms with E-state index in [-0.39, 0.29) is 11.7 Å². The predicted octanol–water partition coefficient (Wildman–Crippen LogP) is 3.55. The van der Waals surface area contributed by atoms with Crippen molar-refractivity contribution in [1.29, 1.82) is 0 Å². The van der Waals surface area contributed by atoms with E-state index in [0.29, 0.717) is 17.2 Å². The number of ether oxygens (including phenoxy) is 2. The summed E-state index contributed by atoms with van der Waals surface area (Å²) in [4.78, 5) is 25.8. The second kappa shape index (κ2) is 10.9. The third-order valence-electron chi connectivity index (χ3n) is 5.37. The lowest BCUT2D eigenvalue weighted by Crippen LogP contribution is -2.46. The quantitative estimate of drug-likeness (QED) is 0.400. The molecule has 8 nitrogen and oxygen atoms in total. The molecule has 1 N–H and O–H groups in total. The van der Waals surface area contributed by atoms with Crippen LogP contribution in [0.2, 0.25) is 0 Å². The van der Waals surface area contributed by atoms with Crippen LogP contribution in [0.25, 0.3) is 0 Å². The van der Waals surface area contributed by atoms with E-state index in [9.17, 15) is 4.79 Å². The normalized spacial score (nSPS) is 13.5. The highest BCUT2D eigenvalue weighted by atomic mass is 32.2. The average Bonchev–Trinajstić information content (AvgIpc) is 2.88. The Balaban J connectivity index is 1.30. The number of hydrogen-bond acceptors (Lipinski definition) is 8. The van der Waals surface area contributed by atoms with Crippen molar-refractivity contribution in [2.75, 3.05) is 61.3 Å². The van der Waals surface area contributed by atoms with E-state index in [2.05, 4.69) is 49.4 Å². The lowest BCUT2D eigenvalue weighted by Gasteiger charge is -2.36. The van der Waals surface area contributed by atoms with Crippen molar-refractivity contribution in [2.45, 2.75) is 5.03 Å². The Kier molecular flexibility index (Phi) is 7.51. The largest absolute Gasteiger partial charge is 0.493 e. The Hall–Kier alpha value is -3.46. The van der Waals surface area contributed by atoms with Crippen LogP contribution >= 0.6 is 11.8 Å². The molecule has 2 aromatic carbocycles. The number of nitrogens with zero attached hydrogens (tertiary/aromatic N) is 4. The number of hydrogen-bond donors (Lipinski definition) is 1. The van der Waals surface area contributed by atoms with Gasteiger partial charge in [0.05, 0.1) is 20.0 Å². The molecule has 0 unspecified atom stereocenters. The van der Waals surface area contributed by atoms with Crippen molar-refractivity contribution in [3.05, 3.63) is 60.9 Å².